The van der Waals surface area contributed by atoms with Crippen molar-refractivity contribution in [1.82, 2.24) is 19.7 Å². The van der Waals surface area contributed by atoms with Gasteiger partial charge >= 0.3 is 0 Å². The lowest BCUT2D eigenvalue weighted by molar-refractivity contribution is 0.102. The van der Waals surface area contributed by atoms with Crippen molar-refractivity contribution in [2.45, 2.75) is 13.8 Å². The summed E-state index contributed by atoms with van der Waals surface area (Å²) in [6, 6.07) is 7.36. The second-order valence-corrected chi connectivity index (χ2v) is 5.46. The van der Waals surface area contributed by atoms with E-state index in [-0.39, 0.29) is 11.6 Å². The molecule has 0 saturated heterocycles. The molecule has 23 heavy (non-hydrogen) atoms. The van der Waals surface area contributed by atoms with Crippen molar-refractivity contribution in [2.24, 2.45) is 0 Å². The molecule has 0 atom stereocenters. The molecule has 2 heterocycles. The first-order valence-corrected chi connectivity index (χ1v) is 7.33. The van der Waals surface area contributed by atoms with Gasteiger partial charge in [0, 0.05) is 18.0 Å². The van der Waals surface area contributed by atoms with Crippen molar-refractivity contribution in [2.75, 3.05) is 5.32 Å². The quantitative estimate of drug-likeness (QED) is 0.802. The molecule has 0 spiro atoms. The molecule has 116 valence electrons. The number of rotatable bonds is 3. The first kappa shape index (κ1) is 15.2. The summed E-state index contributed by atoms with van der Waals surface area (Å²) >= 11 is 6.17. The van der Waals surface area contributed by atoms with Crippen LogP contribution in [0.3, 0.4) is 0 Å². The van der Waals surface area contributed by atoms with Crippen LogP contribution < -0.4 is 5.32 Å². The summed E-state index contributed by atoms with van der Waals surface area (Å²) in [5, 5.41) is 7.70. The van der Waals surface area contributed by atoms with Crippen LogP contribution in [-0.2, 0) is 0 Å². The molecular weight excluding hydrogens is 314 g/mol. The fourth-order valence-corrected chi connectivity index (χ4v) is 2.25. The Morgan fingerprint density at radius 2 is 1.96 bits per heavy atom. The maximum Gasteiger partial charge on any atom is 0.277 e. The molecule has 0 unspecified atom stereocenters. The third kappa shape index (κ3) is 3.22. The molecule has 1 amide bonds. The Hall–Kier alpha value is -2.73. The average molecular weight is 328 g/mol. The van der Waals surface area contributed by atoms with E-state index in [4.69, 9.17) is 11.6 Å². The molecule has 0 aliphatic heterocycles. The highest BCUT2D eigenvalue weighted by molar-refractivity contribution is 6.32. The van der Waals surface area contributed by atoms with E-state index in [1.54, 1.807) is 23.1 Å². The van der Waals surface area contributed by atoms with E-state index in [1.807, 2.05) is 32.0 Å². The number of aromatic nitrogens is 4. The first-order valence-electron chi connectivity index (χ1n) is 6.96. The standard InChI is InChI=1S/C16H14ClN5O/c1-10-9-22(14-6-4-3-5-12(14)17)21-15(10)20-16(23)13-8-18-11(2)7-19-13/h3-9H,1-2H3,(H,20,21,23). The van der Waals surface area contributed by atoms with Crippen molar-refractivity contribution >= 4 is 23.3 Å². The van der Waals surface area contributed by atoms with Crippen LogP contribution in [-0.4, -0.2) is 25.7 Å². The molecule has 0 aliphatic carbocycles. The monoisotopic (exact) mass is 327 g/mol. The van der Waals surface area contributed by atoms with Gasteiger partial charge in [-0.2, -0.15) is 0 Å². The Labute approximate surface area is 138 Å². The number of hydrogen-bond acceptors (Lipinski definition) is 4. The molecule has 0 bridgehead atoms. The molecular formula is C16H14ClN5O. The highest BCUT2D eigenvalue weighted by Crippen LogP contribution is 2.22. The second-order valence-electron chi connectivity index (χ2n) is 5.05. The smallest absolute Gasteiger partial charge is 0.277 e. The number of amides is 1. The predicted octanol–water partition coefficient (Wildman–Crippen LogP) is 3.18. The van der Waals surface area contributed by atoms with Gasteiger partial charge in [0.15, 0.2) is 5.82 Å². The Morgan fingerprint density at radius 3 is 2.65 bits per heavy atom. The van der Waals surface area contributed by atoms with Gasteiger partial charge in [-0.15, -0.1) is 5.10 Å². The number of hydrogen-bond donors (Lipinski definition) is 1. The number of nitrogens with zero attached hydrogens (tertiary/aromatic N) is 4. The summed E-state index contributed by atoms with van der Waals surface area (Å²) in [6.07, 6.45) is 4.78. The summed E-state index contributed by atoms with van der Waals surface area (Å²) < 4.78 is 1.63. The average Bonchev–Trinajstić information content (AvgIpc) is 2.89. The van der Waals surface area contributed by atoms with Crippen molar-refractivity contribution < 1.29 is 4.79 Å². The molecule has 7 heteroatoms. The predicted molar refractivity (Wildman–Crippen MR) is 88.0 cm³/mol. The lowest BCUT2D eigenvalue weighted by atomic mass is 10.3. The fourth-order valence-electron chi connectivity index (χ4n) is 2.03. The van der Waals surface area contributed by atoms with Gasteiger partial charge in [-0.1, -0.05) is 23.7 Å². The summed E-state index contributed by atoms with van der Waals surface area (Å²) in [7, 11) is 0. The zero-order valence-electron chi connectivity index (χ0n) is 12.6. The van der Waals surface area contributed by atoms with Crippen LogP contribution in [0.1, 0.15) is 21.7 Å². The maximum absolute atomic E-state index is 12.2. The normalized spacial score (nSPS) is 10.6. The Balaban J connectivity index is 1.86. The van der Waals surface area contributed by atoms with Gasteiger partial charge in [-0.3, -0.25) is 9.78 Å². The second kappa shape index (κ2) is 6.18. The molecule has 1 N–H and O–H groups in total. The molecule has 6 nitrogen and oxygen atoms in total. The number of halogens is 1. The van der Waals surface area contributed by atoms with E-state index in [1.165, 1.54) is 6.20 Å². The molecule has 1 aromatic carbocycles. The van der Waals surface area contributed by atoms with E-state index in [0.717, 1.165) is 16.9 Å². The summed E-state index contributed by atoms with van der Waals surface area (Å²) in [5.41, 5.74) is 2.55. The van der Waals surface area contributed by atoms with Crippen LogP contribution in [0.15, 0.2) is 42.9 Å². The Kier molecular flexibility index (Phi) is 4.08. The topological polar surface area (TPSA) is 72.7 Å². The van der Waals surface area contributed by atoms with E-state index in [9.17, 15) is 4.79 Å². The van der Waals surface area contributed by atoms with Gasteiger partial charge in [-0.25, -0.2) is 9.67 Å². The maximum atomic E-state index is 12.2. The van der Waals surface area contributed by atoms with Crippen molar-refractivity contribution in [3.63, 3.8) is 0 Å². The number of anilines is 1. The van der Waals surface area contributed by atoms with Crippen molar-refractivity contribution in [3.05, 3.63) is 64.8 Å². The zero-order valence-corrected chi connectivity index (χ0v) is 13.4. The molecule has 2 aromatic heterocycles. The summed E-state index contributed by atoms with van der Waals surface area (Å²) in [4.78, 5) is 20.3. The highest BCUT2D eigenvalue weighted by atomic mass is 35.5. The van der Waals surface area contributed by atoms with Gasteiger partial charge in [0.05, 0.1) is 22.6 Å². The number of aryl methyl sites for hydroxylation is 2. The summed E-state index contributed by atoms with van der Waals surface area (Å²) in [5.74, 6) is 0.0994. The van der Waals surface area contributed by atoms with E-state index in [0.29, 0.717) is 10.8 Å². The van der Waals surface area contributed by atoms with Crippen LogP contribution in [0.5, 0.6) is 0 Å². The van der Waals surface area contributed by atoms with E-state index >= 15 is 0 Å². The Bertz CT molecular complexity index is 857. The van der Waals surface area contributed by atoms with E-state index < -0.39 is 0 Å². The molecule has 0 saturated carbocycles. The number of nitrogens with one attached hydrogen (secondary N) is 1. The third-order valence-corrected chi connectivity index (χ3v) is 3.56. The minimum atomic E-state index is -0.356. The summed E-state index contributed by atoms with van der Waals surface area (Å²) in [6.45, 7) is 3.67. The minimum absolute atomic E-state index is 0.238. The third-order valence-electron chi connectivity index (χ3n) is 3.24. The van der Waals surface area contributed by atoms with Crippen LogP contribution in [0.25, 0.3) is 5.69 Å². The number of para-hydroxylation sites is 1. The van der Waals surface area contributed by atoms with Gasteiger partial charge in [-0.05, 0) is 26.0 Å². The van der Waals surface area contributed by atoms with Gasteiger partial charge in [0.1, 0.15) is 5.69 Å². The van der Waals surface area contributed by atoms with Gasteiger partial charge in [0.25, 0.3) is 5.91 Å². The number of carbonyl (C=O) groups is 1. The zero-order chi connectivity index (χ0) is 16.4. The highest BCUT2D eigenvalue weighted by Gasteiger charge is 2.14. The van der Waals surface area contributed by atoms with Crippen LogP contribution >= 0.6 is 11.6 Å². The lowest BCUT2D eigenvalue weighted by Crippen LogP contribution is -2.15. The van der Waals surface area contributed by atoms with Gasteiger partial charge < -0.3 is 5.32 Å². The van der Waals surface area contributed by atoms with Crippen LogP contribution in [0, 0.1) is 13.8 Å². The van der Waals surface area contributed by atoms with Gasteiger partial charge in [0.2, 0.25) is 0 Å². The molecule has 0 radical (unpaired) electrons. The minimum Gasteiger partial charge on any atom is -0.303 e. The van der Waals surface area contributed by atoms with Crippen molar-refractivity contribution in [1.29, 1.82) is 0 Å². The SMILES string of the molecule is Cc1cnc(C(=O)Nc2nn(-c3ccccc3Cl)cc2C)cn1. The van der Waals surface area contributed by atoms with Crippen LogP contribution in [0.2, 0.25) is 5.02 Å². The number of carbonyl (C=O) groups excluding carboxylic acids is 1. The Morgan fingerprint density at radius 1 is 1.17 bits per heavy atom. The van der Waals surface area contributed by atoms with E-state index in [2.05, 4.69) is 20.4 Å². The first-order chi connectivity index (χ1) is 11.0. The number of benzene rings is 1. The molecule has 3 aromatic rings. The molecule has 0 fully saturated rings. The van der Waals surface area contributed by atoms with Crippen molar-refractivity contribution in [3.8, 4) is 5.69 Å². The fraction of sp³-hybridized carbons (Fsp3) is 0.125. The lowest BCUT2D eigenvalue weighted by Gasteiger charge is -2.04. The largest absolute Gasteiger partial charge is 0.303 e. The molecule has 3 rings (SSSR count). The molecule has 0 aliphatic rings. The van der Waals surface area contributed by atoms with Crippen LogP contribution in [0.4, 0.5) is 5.82 Å².